The number of nitrogens with one attached hydrogen (secondary N) is 3. The Morgan fingerprint density at radius 1 is 0.966 bits per heavy atom. The number of carbonyl (C=O) groups is 2. The zero-order valence-electron chi connectivity index (χ0n) is 15.2. The van der Waals surface area contributed by atoms with E-state index in [0.717, 1.165) is 22.9 Å². The molecule has 1 aromatic heterocycles. The molecule has 0 aliphatic heterocycles. The van der Waals surface area contributed by atoms with Crippen molar-refractivity contribution in [3.63, 3.8) is 0 Å². The normalized spacial score (nSPS) is 10.3. The molecule has 29 heavy (non-hydrogen) atoms. The van der Waals surface area contributed by atoms with Crippen molar-refractivity contribution in [1.29, 1.82) is 0 Å². The Morgan fingerprint density at radius 2 is 1.72 bits per heavy atom. The molecule has 1 heterocycles. The van der Waals surface area contributed by atoms with Gasteiger partial charge >= 0.3 is 0 Å². The molecule has 0 fully saturated rings. The smallest absolute Gasteiger partial charge is 0.261 e. The van der Waals surface area contributed by atoms with Crippen LogP contribution in [-0.2, 0) is 4.79 Å². The number of anilines is 3. The fourth-order valence-electron chi connectivity index (χ4n) is 2.36. The third-order valence-electron chi connectivity index (χ3n) is 3.67. The predicted molar refractivity (Wildman–Crippen MR) is 109 cm³/mol. The molecule has 2 amide bonds. The van der Waals surface area contributed by atoms with Crippen LogP contribution in [0.2, 0.25) is 0 Å². The summed E-state index contributed by atoms with van der Waals surface area (Å²) in [5, 5.41) is 4.87. The molecule has 0 saturated heterocycles. The largest absolute Gasteiger partial charge is 0.323 e. The van der Waals surface area contributed by atoms with Crippen molar-refractivity contribution in [2.45, 2.75) is 11.8 Å². The number of pyridine rings is 1. The topological polar surface area (TPSA) is 83.1 Å². The van der Waals surface area contributed by atoms with Crippen molar-refractivity contribution >= 4 is 41.0 Å². The first-order chi connectivity index (χ1) is 13.9. The van der Waals surface area contributed by atoms with Crippen LogP contribution in [0.3, 0.4) is 0 Å². The van der Waals surface area contributed by atoms with Gasteiger partial charge in [0.15, 0.2) is 5.82 Å². The number of benzene rings is 2. The molecule has 148 valence electrons. The van der Waals surface area contributed by atoms with Crippen molar-refractivity contribution in [3.8, 4) is 0 Å². The Kier molecular flexibility index (Phi) is 6.40. The monoisotopic (exact) mass is 414 g/mol. The Morgan fingerprint density at radius 3 is 2.38 bits per heavy atom. The number of aromatic nitrogens is 1. The molecular formula is C20H16F2N4O2S. The van der Waals surface area contributed by atoms with Gasteiger partial charge in [0.1, 0.15) is 17.2 Å². The van der Waals surface area contributed by atoms with Crippen LogP contribution in [0.15, 0.2) is 65.7 Å². The number of halogens is 2. The summed E-state index contributed by atoms with van der Waals surface area (Å²) in [4.78, 5) is 28.2. The third-order valence-corrected chi connectivity index (χ3v) is 4.50. The first kappa shape index (κ1) is 20.3. The van der Waals surface area contributed by atoms with Crippen LogP contribution in [0.5, 0.6) is 0 Å². The summed E-state index contributed by atoms with van der Waals surface area (Å²) in [6, 6.07) is 14.3. The van der Waals surface area contributed by atoms with Crippen LogP contribution in [0.1, 0.15) is 17.3 Å². The van der Waals surface area contributed by atoms with Gasteiger partial charge in [0.2, 0.25) is 5.91 Å². The molecule has 2 aromatic carbocycles. The lowest BCUT2D eigenvalue weighted by molar-refractivity contribution is -0.114. The van der Waals surface area contributed by atoms with E-state index in [2.05, 4.69) is 20.3 Å². The fraction of sp³-hybridized carbons (Fsp3) is 0.0500. The van der Waals surface area contributed by atoms with E-state index in [1.165, 1.54) is 31.3 Å². The lowest BCUT2D eigenvalue weighted by atomic mass is 10.1. The van der Waals surface area contributed by atoms with Gasteiger partial charge in [-0.05, 0) is 48.3 Å². The van der Waals surface area contributed by atoms with E-state index in [-0.39, 0.29) is 23.1 Å². The van der Waals surface area contributed by atoms with E-state index in [1.54, 1.807) is 0 Å². The van der Waals surface area contributed by atoms with Gasteiger partial charge in [-0.1, -0.05) is 18.2 Å². The second kappa shape index (κ2) is 9.16. The zero-order valence-corrected chi connectivity index (χ0v) is 16.0. The molecule has 3 aromatic rings. The SMILES string of the molecule is CC(=O)Nc1ccc(NC(=O)c2c(F)ccc(NSc3ccccc3)c2F)cn1. The van der Waals surface area contributed by atoms with E-state index in [4.69, 9.17) is 0 Å². The number of hydrogen-bond donors (Lipinski definition) is 3. The Balaban J connectivity index is 1.75. The number of nitrogens with zero attached hydrogens (tertiary/aromatic N) is 1. The molecule has 0 bridgehead atoms. The Bertz CT molecular complexity index is 1030. The zero-order chi connectivity index (χ0) is 20.8. The summed E-state index contributed by atoms with van der Waals surface area (Å²) in [5.74, 6) is -2.96. The van der Waals surface area contributed by atoms with Crippen molar-refractivity contribution < 1.29 is 18.4 Å². The highest BCUT2D eigenvalue weighted by Crippen LogP contribution is 2.27. The van der Waals surface area contributed by atoms with E-state index in [0.29, 0.717) is 0 Å². The van der Waals surface area contributed by atoms with Crippen LogP contribution in [-0.4, -0.2) is 16.8 Å². The minimum Gasteiger partial charge on any atom is -0.323 e. The van der Waals surface area contributed by atoms with Gasteiger partial charge in [0.05, 0.1) is 17.6 Å². The van der Waals surface area contributed by atoms with Crippen LogP contribution in [0, 0.1) is 11.6 Å². The highest BCUT2D eigenvalue weighted by molar-refractivity contribution is 8.00. The van der Waals surface area contributed by atoms with Crippen LogP contribution < -0.4 is 15.4 Å². The molecule has 0 radical (unpaired) electrons. The summed E-state index contributed by atoms with van der Waals surface area (Å²) >= 11 is 1.14. The van der Waals surface area contributed by atoms with E-state index >= 15 is 0 Å². The van der Waals surface area contributed by atoms with Gasteiger partial charge in [0, 0.05) is 11.8 Å². The number of rotatable bonds is 6. The lowest BCUT2D eigenvalue weighted by Gasteiger charge is -2.12. The highest BCUT2D eigenvalue weighted by Gasteiger charge is 2.21. The summed E-state index contributed by atoms with van der Waals surface area (Å²) in [6.45, 7) is 1.33. The van der Waals surface area contributed by atoms with Crippen LogP contribution in [0.4, 0.5) is 26.0 Å². The van der Waals surface area contributed by atoms with Crippen LogP contribution in [0.25, 0.3) is 0 Å². The molecule has 0 aliphatic rings. The minimum atomic E-state index is -1.01. The Hall–Kier alpha value is -3.46. The average molecular weight is 414 g/mol. The molecule has 9 heteroatoms. The molecule has 0 unspecified atom stereocenters. The van der Waals surface area contributed by atoms with Gasteiger partial charge in [-0.25, -0.2) is 13.8 Å². The molecule has 0 aliphatic carbocycles. The predicted octanol–water partition coefficient (Wildman–Crippen LogP) is 4.69. The Labute approximate surface area is 169 Å². The van der Waals surface area contributed by atoms with E-state index in [9.17, 15) is 18.4 Å². The maximum Gasteiger partial charge on any atom is 0.261 e. The second-order valence-corrected chi connectivity index (χ2v) is 6.75. The molecular weight excluding hydrogens is 398 g/mol. The van der Waals surface area contributed by atoms with Crippen molar-refractivity contribution in [3.05, 3.63) is 78.0 Å². The first-order valence-electron chi connectivity index (χ1n) is 8.45. The van der Waals surface area contributed by atoms with Gasteiger partial charge in [0.25, 0.3) is 5.91 Å². The molecule has 6 nitrogen and oxygen atoms in total. The van der Waals surface area contributed by atoms with Gasteiger partial charge in [-0.2, -0.15) is 0 Å². The van der Waals surface area contributed by atoms with Gasteiger partial charge in [-0.3, -0.25) is 9.59 Å². The molecule has 0 atom stereocenters. The first-order valence-corrected chi connectivity index (χ1v) is 9.26. The maximum atomic E-state index is 14.8. The summed E-state index contributed by atoms with van der Waals surface area (Å²) in [5.41, 5.74) is -0.515. The molecule has 3 N–H and O–H groups in total. The maximum absolute atomic E-state index is 14.8. The lowest BCUT2D eigenvalue weighted by Crippen LogP contribution is -2.17. The van der Waals surface area contributed by atoms with Gasteiger partial charge < -0.3 is 15.4 Å². The number of carbonyl (C=O) groups excluding carboxylic acids is 2. The minimum absolute atomic E-state index is 0.0236. The highest BCUT2D eigenvalue weighted by atomic mass is 32.2. The summed E-state index contributed by atoms with van der Waals surface area (Å²) in [7, 11) is 0. The molecule has 0 saturated carbocycles. The van der Waals surface area contributed by atoms with E-state index < -0.39 is 23.1 Å². The second-order valence-electron chi connectivity index (χ2n) is 5.87. The summed E-state index contributed by atoms with van der Waals surface area (Å²) < 4.78 is 31.7. The van der Waals surface area contributed by atoms with Crippen molar-refractivity contribution in [2.24, 2.45) is 0 Å². The fourth-order valence-corrected chi connectivity index (χ4v) is 3.04. The van der Waals surface area contributed by atoms with Gasteiger partial charge in [-0.15, -0.1) is 0 Å². The average Bonchev–Trinajstić information content (AvgIpc) is 2.69. The summed E-state index contributed by atoms with van der Waals surface area (Å²) in [6.07, 6.45) is 1.27. The van der Waals surface area contributed by atoms with Crippen molar-refractivity contribution in [2.75, 3.05) is 15.4 Å². The van der Waals surface area contributed by atoms with Crippen molar-refractivity contribution in [1.82, 2.24) is 4.98 Å². The van der Waals surface area contributed by atoms with Crippen LogP contribution >= 0.6 is 11.9 Å². The quantitative estimate of drug-likeness (QED) is 0.510. The molecule has 0 spiro atoms. The third kappa shape index (κ3) is 5.29. The standard InChI is InChI=1S/C20H16F2N4O2S/c1-12(27)24-17-10-7-13(11-23-17)25-20(28)18-15(21)8-9-16(19(18)22)26-29-14-5-3-2-4-6-14/h2-11,26H,1H3,(H,25,28)(H,23,24,27). The molecule has 3 rings (SSSR count). The number of hydrogen-bond acceptors (Lipinski definition) is 5. The number of amides is 2. The van der Waals surface area contributed by atoms with E-state index in [1.807, 2.05) is 30.3 Å².